The van der Waals surface area contributed by atoms with E-state index in [9.17, 15) is 17.6 Å². The predicted octanol–water partition coefficient (Wildman–Crippen LogP) is 4.84. The van der Waals surface area contributed by atoms with E-state index < -0.39 is 32.8 Å². The lowest BCUT2D eigenvalue weighted by molar-refractivity contribution is 0.0636. The Morgan fingerprint density at radius 2 is 1.90 bits per heavy atom. The first kappa shape index (κ1) is 22.2. The molecule has 2 aromatic carbocycles. The van der Waals surface area contributed by atoms with E-state index in [4.69, 9.17) is 4.74 Å². The van der Waals surface area contributed by atoms with Gasteiger partial charge in [0.1, 0.15) is 16.7 Å². The highest BCUT2D eigenvalue weighted by Gasteiger charge is 2.37. The molecule has 0 aromatic heterocycles. The Morgan fingerprint density at radius 3 is 2.53 bits per heavy atom. The first-order valence-electron chi connectivity index (χ1n) is 9.88. The number of sulfonamides is 1. The largest absolute Gasteiger partial charge is 0.444 e. The lowest BCUT2D eigenvalue weighted by atomic mass is 10.1. The van der Waals surface area contributed by atoms with Gasteiger partial charge in [0.15, 0.2) is 0 Å². The molecular weight excluding hydrogens is 407 g/mol. The van der Waals surface area contributed by atoms with Crippen LogP contribution in [0.3, 0.4) is 0 Å². The SMILES string of the molecule is CC(C)(C)OC(=O)Nc1ccc(CN2CCCC(c3ccccc3)S2(=O)=O)c(F)c1. The Balaban J connectivity index is 1.73. The van der Waals surface area contributed by atoms with Crippen LogP contribution in [0.5, 0.6) is 0 Å². The Morgan fingerprint density at radius 1 is 1.20 bits per heavy atom. The zero-order valence-electron chi connectivity index (χ0n) is 17.4. The third-order valence-electron chi connectivity index (χ3n) is 4.81. The van der Waals surface area contributed by atoms with Crippen molar-refractivity contribution >= 4 is 21.8 Å². The standard InChI is InChI=1S/C22H27FN2O4S/c1-22(2,3)29-21(26)24-18-12-11-17(19(23)14-18)15-25-13-7-10-20(30(25,27)28)16-8-5-4-6-9-16/h4-6,8-9,11-12,14,20H,7,10,13,15H2,1-3H3,(H,24,26). The van der Waals surface area contributed by atoms with Crippen molar-refractivity contribution in [3.05, 3.63) is 65.5 Å². The number of hydrogen-bond donors (Lipinski definition) is 1. The van der Waals surface area contributed by atoms with Crippen LogP contribution in [-0.2, 0) is 21.3 Å². The Labute approximate surface area is 177 Å². The van der Waals surface area contributed by atoms with Gasteiger partial charge in [-0.3, -0.25) is 5.32 Å². The van der Waals surface area contributed by atoms with E-state index in [1.54, 1.807) is 20.8 Å². The molecule has 1 N–H and O–H groups in total. The molecule has 0 saturated carbocycles. The second-order valence-corrected chi connectivity index (χ2v) is 10.5. The molecule has 1 aliphatic heterocycles. The van der Waals surface area contributed by atoms with Gasteiger partial charge < -0.3 is 4.74 Å². The van der Waals surface area contributed by atoms with Gasteiger partial charge >= 0.3 is 6.09 Å². The molecule has 3 rings (SSSR count). The number of hydrogen-bond acceptors (Lipinski definition) is 4. The summed E-state index contributed by atoms with van der Waals surface area (Å²) in [6.07, 6.45) is 0.571. The number of benzene rings is 2. The van der Waals surface area contributed by atoms with Crippen molar-refractivity contribution < 1.29 is 22.3 Å². The number of nitrogens with zero attached hydrogens (tertiary/aromatic N) is 1. The maximum absolute atomic E-state index is 14.7. The highest BCUT2D eigenvalue weighted by Crippen LogP contribution is 2.35. The van der Waals surface area contributed by atoms with Crippen LogP contribution in [-0.4, -0.2) is 31.0 Å². The molecule has 0 bridgehead atoms. The maximum Gasteiger partial charge on any atom is 0.412 e. The van der Waals surface area contributed by atoms with Crippen LogP contribution in [0.4, 0.5) is 14.9 Å². The summed E-state index contributed by atoms with van der Waals surface area (Å²) in [5.41, 5.74) is 0.580. The van der Waals surface area contributed by atoms with Gasteiger partial charge in [0, 0.05) is 24.3 Å². The summed E-state index contributed by atoms with van der Waals surface area (Å²) in [6, 6.07) is 13.3. The first-order valence-corrected chi connectivity index (χ1v) is 11.4. The molecule has 1 atom stereocenters. The summed E-state index contributed by atoms with van der Waals surface area (Å²) in [5.74, 6) is -0.583. The van der Waals surface area contributed by atoms with Crippen molar-refractivity contribution in [1.29, 1.82) is 0 Å². The molecule has 1 saturated heterocycles. The van der Waals surface area contributed by atoms with Crippen LogP contribution in [0, 0.1) is 5.82 Å². The number of halogens is 1. The maximum atomic E-state index is 14.7. The van der Waals surface area contributed by atoms with Crippen LogP contribution in [0.15, 0.2) is 48.5 Å². The molecule has 0 radical (unpaired) electrons. The summed E-state index contributed by atoms with van der Waals surface area (Å²) < 4.78 is 47.4. The fourth-order valence-electron chi connectivity index (χ4n) is 3.45. The van der Waals surface area contributed by atoms with Crippen molar-refractivity contribution in [3.8, 4) is 0 Å². The molecule has 162 valence electrons. The summed E-state index contributed by atoms with van der Waals surface area (Å²) >= 11 is 0. The van der Waals surface area contributed by atoms with E-state index >= 15 is 0 Å². The Kier molecular flexibility index (Phi) is 6.47. The van der Waals surface area contributed by atoms with Crippen molar-refractivity contribution in [1.82, 2.24) is 4.31 Å². The fourth-order valence-corrected chi connectivity index (χ4v) is 5.48. The average Bonchev–Trinajstić information content (AvgIpc) is 2.64. The molecule has 0 aliphatic carbocycles. The van der Waals surface area contributed by atoms with Gasteiger partial charge in [-0.05, 0) is 51.3 Å². The van der Waals surface area contributed by atoms with Crippen LogP contribution >= 0.6 is 0 Å². The second-order valence-electron chi connectivity index (χ2n) is 8.35. The third-order valence-corrected chi connectivity index (χ3v) is 7.07. The van der Waals surface area contributed by atoms with Gasteiger partial charge in [0.2, 0.25) is 10.0 Å². The van der Waals surface area contributed by atoms with E-state index in [0.29, 0.717) is 19.4 Å². The lowest BCUT2D eigenvalue weighted by Gasteiger charge is -2.32. The summed E-state index contributed by atoms with van der Waals surface area (Å²) in [7, 11) is -3.60. The van der Waals surface area contributed by atoms with Crippen molar-refractivity contribution in [3.63, 3.8) is 0 Å². The normalized spacial score (nSPS) is 19.3. The van der Waals surface area contributed by atoms with E-state index in [2.05, 4.69) is 5.32 Å². The number of rotatable bonds is 4. The quantitative estimate of drug-likeness (QED) is 0.747. The summed E-state index contributed by atoms with van der Waals surface area (Å²) in [4.78, 5) is 11.9. The number of nitrogens with one attached hydrogen (secondary N) is 1. The fraction of sp³-hybridized carbons (Fsp3) is 0.409. The zero-order valence-corrected chi connectivity index (χ0v) is 18.2. The highest BCUT2D eigenvalue weighted by atomic mass is 32.2. The van der Waals surface area contributed by atoms with Gasteiger partial charge in [-0.1, -0.05) is 36.4 Å². The summed E-state index contributed by atoms with van der Waals surface area (Å²) in [5, 5.41) is 1.86. The number of carbonyl (C=O) groups excluding carboxylic acids is 1. The van der Waals surface area contributed by atoms with Crippen molar-refractivity contribution in [2.75, 3.05) is 11.9 Å². The van der Waals surface area contributed by atoms with Gasteiger partial charge in [-0.15, -0.1) is 0 Å². The predicted molar refractivity (Wildman–Crippen MR) is 114 cm³/mol. The minimum absolute atomic E-state index is 0.0514. The molecule has 1 fully saturated rings. The molecule has 0 spiro atoms. The molecule has 1 unspecified atom stereocenters. The Bertz CT molecular complexity index is 1000. The monoisotopic (exact) mass is 434 g/mol. The van der Waals surface area contributed by atoms with Crippen LogP contribution in [0.25, 0.3) is 0 Å². The van der Waals surface area contributed by atoms with E-state index in [1.807, 2.05) is 30.3 Å². The minimum atomic E-state index is -3.60. The lowest BCUT2D eigenvalue weighted by Crippen LogP contribution is -2.39. The number of ether oxygens (including phenoxy) is 1. The topological polar surface area (TPSA) is 75.7 Å². The van der Waals surface area contributed by atoms with Crippen LogP contribution in [0.1, 0.15) is 50.0 Å². The smallest absolute Gasteiger partial charge is 0.412 e. The molecule has 1 aliphatic rings. The van der Waals surface area contributed by atoms with Crippen molar-refractivity contribution in [2.24, 2.45) is 0 Å². The molecular formula is C22H27FN2O4S. The molecule has 8 heteroatoms. The van der Waals surface area contributed by atoms with Crippen LogP contribution < -0.4 is 5.32 Å². The zero-order chi connectivity index (χ0) is 21.9. The molecule has 1 amide bonds. The molecule has 6 nitrogen and oxygen atoms in total. The average molecular weight is 435 g/mol. The number of amides is 1. The third kappa shape index (κ3) is 5.37. The molecule has 30 heavy (non-hydrogen) atoms. The molecule has 1 heterocycles. The van der Waals surface area contributed by atoms with E-state index in [0.717, 1.165) is 5.56 Å². The van der Waals surface area contributed by atoms with E-state index in [1.165, 1.54) is 22.5 Å². The Hall–Kier alpha value is -2.45. The highest BCUT2D eigenvalue weighted by molar-refractivity contribution is 7.89. The second kappa shape index (κ2) is 8.73. The minimum Gasteiger partial charge on any atom is -0.444 e. The van der Waals surface area contributed by atoms with Gasteiger partial charge in [0.25, 0.3) is 0 Å². The van der Waals surface area contributed by atoms with Crippen LogP contribution in [0.2, 0.25) is 0 Å². The van der Waals surface area contributed by atoms with Crippen molar-refractivity contribution in [2.45, 2.75) is 51.0 Å². The number of carbonyl (C=O) groups is 1. The number of anilines is 1. The first-order chi connectivity index (χ1) is 14.1. The van der Waals surface area contributed by atoms with Gasteiger partial charge in [-0.2, -0.15) is 4.31 Å². The van der Waals surface area contributed by atoms with Gasteiger partial charge in [-0.25, -0.2) is 17.6 Å². The van der Waals surface area contributed by atoms with E-state index in [-0.39, 0.29) is 17.8 Å². The molecule has 2 aromatic rings. The summed E-state index contributed by atoms with van der Waals surface area (Å²) in [6.45, 7) is 5.50. The van der Waals surface area contributed by atoms with Gasteiger partial charge in [0.05, 0.1) is 0 Å².